The predicted molar refractivity (Wildman–Crippen MR) is 122 cm³/mol. The van der Waals surface area contributed by atoms with Gasteiger partial charge in [0.1, 0.15) is 0 Å². The van der Waals surface area contributed by atoms with Gasteiger partial charge in [-0.05, 0) is 51.7 Å². The molecule has 172 valence electrons. The first kappa shape index (κ1) is 24.8. The molecule has 1 aliphatic heterocycles. The average molecular weight is 442 g/mol. The Balaban J connectivity index is 2.01. The fourth-order valence-corrected chi connectivity index (χ4v) is 3.67. The van der Waals surface area contributed by atoms with Gasteiger partial charge in [0.05, 0.1) is 6.61 Å². The molecule has 0 bridgehead atoms. The fourth-order valence-electron chi connectivity index (χ4n) is 3.67. The molecule has 0 aliphatic carbocycles. The maximum Gasteiger partial charge on any atom is 0.330 e. The Labute approximate surface area is 188 Å². The molecule has 1 saturated heterocycles. The number of ether oxygens (including phenoxy) is 1. The first-order valence-corrected chi connectivity index (χ1v) is 10.7. The molecule has 1 aromatic carbocycles. The largest absolute Gasteiger partial charge is 0.463 e. The van der Waals surface area contributed by atoms with Crippen molar-refractivity contribution < 1.29 is 23.9 Å². The summed E-state index contributed by atoms with van der Waals surface area (Å²) in [6.45, 7) is 8.32. The van der Waals surface area contributed by atoms with Crippen molar-refractivity contribution in [2.24, 2.45) is 5.92 Å². The number of carbonyl (C=O) groups excluding carboxylic acids is 4. The van der Waals surface area contributed by atoms with E-state index in [4.69, 9.17) is 4.74 Å². The molecule has 1 heterocycles. The minimum absolute atomic E-state index is 0.0764. The summed E-state index contributed by atoms with van der Waals surface area (Å²) in [5, 5.41) is 8.29. The lowest BCUT2D eigenvalue weighted by molar-refractivity contribution is -0.137. The molecule has 1 aromatic rings. The van der Waals surface area contributed by atoms with Crippen LogP contribution in [0.2, 0.25) is 0 Å². The van der Waals surface area contributed by atoms with Crippen LogP contribution in [0.1, 0.15) is 36.5 Å². The van der Waals surface area contributed by atoms with Crippen molar-refractivity contribution in [3.63, 3.8) is 0 Å². The number of carbonyl (C=O) groups is 4. The molecule has 2 atom stereocenters. The molecule has 2 rings (SSSR count). The van der Waals surface area contributed by atoms with Gasteiger partial charge in [0.2, 0.25) is 17.7 Å². The summed E-state index contributed by atoms with van der Waals surface area (Å²) in [7, 11) is 0. The summed E-state index contributed by atoms with van der Waals surface area (Å²) in [4.78, 5) is 48.2. The second-order valence-corrected chi connectivity index (χ2v) is 7.83. The van der Waals surface area contributed by atoms with E-state index in [1.807, 2.05) is 32.9 Å². The molecule has 0 radical (unpaired) electrons. The Morgan fingerprint density at radius 1 is 1.12 bits per heavy atom. The predicted octanol–water partition coefficient (Wildman–Crippen LogP) is 2.24. The highest BCUT2D eigenvalue weighted by Crippen LogP contribution is 2.22. The topological polar surface area (TPSA) is 114 Å². The van der Waals surface area contributed by atoms with Crippen LogP contribution in [-0.2, 0) is 23.9 Å². The van der Waals surface area contributed by atoms with Crippen LogP contribution in [0.5, 0.6) is 0 Å². The molecule has 1 fully saturated rings. The average Bonchev–Trinajstić information content (AvgIpc) is 3.12. The summed E-state index contributed by atoms with van der Waals surface area (Å²) >= 11 is 0. The van der Waals surface area contributed by atoms with Crippen LogP contribution in [0.3, 0.4) is 0 Å². The van der Waals surface area contributed by atoms with E-state index in [1.165, 1.54) is 12.2 Å². The highest BCUT2D eigenvalue weighted by atomic mass is 16.5. The lowest BCUT2D eigenvalue weighted by Crippen LogP contribution is -2.35. The zero-order valence-electron chi connectivity index (χ0n) is 19.0. The second kappa shape index (κ2) is 11.8. The molecule has 0 aromatic heterocycles. The Morgan fingerprint density at radius 2 is 1.78 bits per heavy atom. The van der Waals surface area contributed by atoms with E-state index in [0.29, 0.717) is 25.1 Å². The standard InChI is InChI=1S/C24H31N3O5/c1-5-32-22(30)9-6-19(14-18-10-11-25-24(18)31)26-20(28)7-8-21(29)27-23-16(3)12-15(2)13-17(23)4/h6-9,12-13,18-19H,5,10-11,14H2,1-4H3,(H,25,31)(H,26,28)(H,27,29)/t18-,19+/m0/s1. The first-order valence-electron chi connectivity index (χ1n) is 10.7. The van der Waals surface area contributed by atoms with Gasteiger partial charge >= 0.3 is 5.97 Å². The van der Waals surface area contributed by atoms with Crippen LogP contribution in [0, 0.1) is 26.7 Å². The third kappa shape index (κ3) is 7.68. The van der Waals surface area contributed by atoms with E-state index in [0.717, 1.165) is 28.8 Å². The molecule has 3 amide bonds. The molecule has 3 N–H and O–H groups in total. The summed E-state index contributed by atoms with van der Waals surface area (Å²) in [6.07, 6.45) is 6.03. The van der Waals surface area contributed by atoms with Gasteiger partial charge in [0.15, 0.2) is 0 Å². The monoisotopic (exact) mass is 441 g/mol. The minimum atomic E-state index is -0.560. The van der Waals surface area contributed by atoms with Gasteiger partial charge in [0, 0.05) is 42.4 Å². The van der Waals surface area contributed by atoms with Gasteiger partial charge in [-0.1, -0.05) is 23.8 Å². The summed E-state index contributed by atoms with van der Waals surface area (Å²) in [5.41, 5.74) is 3.69. The Morgan fingerprint density at radius 3 is 2.38 bits per heavy atom. The number of hydrogen-bond acceptors (Lipinski definition) is 5. The molecule has 0 spiro atoms. The lowest BCUT2D eigenvalue weighted by atomic mass is 9.98. The maximum absolute atomic E-state index is 12.4. The van der Waals surface area contributed by atoms with Gasteiger partial charge < -0.3 is 20.7 Å². The summed E-state index contributed by atoms with van der Waals surface area (Å²) < 4.78 is 4.87. The van der Waals surface area contributed by atoms with E-state index in [1.54, 1.807) is 6.92 Å². The van der Waals surface area contributed by atoms with E-state index in [2.05, 4.69) is 16.0 Å². The molecule has 32 heavy (non-hydrogen) atoms. The molecular weight excluding hydrogens is 410 g/mol. The summed E-state index contributed by atoms with van der Waals surface area (Å²) in [6, 6.07) is 3.38. The SMILES string of the molecule is CCOC(=O)C=C[C@H](C[C@@H]1CCNC1=O)NC(=O)C=CC(=O)Nc1c(C)cc(C)cc1C. The van der Waals surface area contributed by atoms with Crippen LogP contribution in [0.15, 0.2) is 36.4 Å². The van der Waals surface area contributed by atoms with Crippen LogP contribution < -0.4 is 16.0 Å². The van der Waals surface area contributed by atoms with Gasteiger partial charge in [-0.3, -0.25) is 14.4 Å². The van der Waals surface area contributed by atoms with Crippen LogP contribution >= 0.6 is 0 Å². The second-order valence-electron chi connectivity index (χ2n) is 7.83. The molecule has 0 unspecified atom stereocenters. The number of aryl methyl sites for hydroxylation is 3. The number of esters is 1. The number of amides is 3. The van der Waals surface area contributed by atoms with Gasteiger partial charge in [0.25, 0.3) is 0 Å². The third-order valence-electron chi connectivity index (χ3n) is 5.09. The number of benzene rings is 1. The zero-order valence-corrected chi connectivity index (χ0v) is 19.0. The first-order chi connectivity index (χ1) is 15.2. The number of anilines is 1. The summed E-state index contributed by atoms with van der Waals surface area (Å²) in [5.74, 6) is -1.79. The third-order valence-corrected chi connectivity index (χ3v) is 5.09. The zero-order chi connectivity index (χ0) is 23.7. The lowest BCUT2D eigenvalue weighted by Gasteiger charge is -2.17. The van der Waals surface area contributed by atoms with Crippen molar-refractivity contribution in [3.05, 3.63) is 53.1 Å². The quantitative estimate of drug-likeness (QED) is 0.402. The van der Waals surface area contributed by atoms with Crippen molar-refractivity contribution in [1.29, 1.82) is 0 Å². The molecule has 0 saturated carbocycles. The van der Waals surface area contributed by atoms with Crippen molar-refractivity contribution in [3.8, 4) is 0 Å². The molecular formula is C24H31N3O5. The molecule has 8 heteroatoms. The van der Waals surface area contributed by atoms with Gasteiger partial charge in [-0.15, -0.1) is 0 Å². The number of nitrogens with one attached hydrogen (secondary N) is 3. The van der Waals surface area contributed by atoms with E-state index in [-0.39, 0.29) is 18.4 Å². The maximum atomic E-state index is 12.4. The van der Waals surface area contributed by atoms with Crippen molar-refractivity contribution >= 4 is 29.4 Å². The van der Waals surface area contributed by atoms with E-state index < -0.39 is 23.8 Å². The minimum Gasteiger partial charge on any atom is -0.463 e. The van der Waals surface area contributed by atoms with Crippen molar-refractivity contribution in [2.75, 3.05) is 18.5 Å². The Kier molecular flexibility index (Phi) is 9.19. The highest BCUT2D eigenvalue weighted by molar-refractivity contribution is 6.04. The molecule has 1 aliphatic rings. The number of hydrogen-bond donors (Lipinski definition) is 3. The van der Waals surface area contributed by atoms with Crippen LogP contribution in [0.25, 0.3) is 0 Å². The van der Waals surface area contributed by atoms with Crippen LogP contribution in [0.4, 0.5) is 5.69 Å². The number of rotatable bonds is 9. The van der Waals surface area contributed by atoms with E-state index in [9.17, 15) is 19.2 Å². The Hall–Kier alpha value is -3.42. The highest BCUT2D eigenvalue weighted by Gasteiger charge is 2.27. The molecule has 8 nitrogen and oxygen atoms in total. The van der Waals surface area contributed by atoms with Gasteiger partial charge in [-0.2, -0.15) is 0 Å². The van der Waals surface area contributed by atoms with Gasteiger partial charge in [-0.25, -0.2) is 4.79 Å². The fraction of sp³-hybridized carbons (Fsp3) is 0.417. The normalized spacial score (nSPS) is 16.8. The van der Waals surface area contributed by atoms with Crippen molar-refractivity contribution in [1.82, 2.24) is 10.6 Å². The van der Waals surface area contributed by atoms with Crippen molar-refractivity contribution in [2.45, 2.75) is 46.6 Å². The van der Waals surface area contributed by atoms with E-state index >= 15 is 0 Å². The van der Waals surface area contributed by atoms with Crippen LogP contribution in [-0.4, -0.2) is 42.9 Å². The Bertz CT molecular complexity index is 913. The smallest absolute Gasteiger partial charge is 0.330 e.